The van der Waals surface area contributed by atoms with Crippen LogP contribution in [0.2, 0.25) is 0 Å². The van der Waals surface area contributed by atoms with Crippen molar-refractivity contribution in [1.29, 1.82) is 0 Å². The molecule has 36 heavy (non-hydrogen) atoms. The summed E-state index contributed by atoms with van der Waals surface area (Å²) >= 11 is 1.97. The van der Waals surface area contributed by atoms with Crippen LogP contribution in [-0.4, -0.2) is 22.1 Å². The normalized spacial score (nSPS) is 14.0. The van der Waals surface area contributed by atoms with E-state index in [9.17, 15) is 25.6 Å². The number of benzene rings is 3. The predicted molar refractivity (Wildman–Crippen MR) is 140 cm³/mol. The third kappa shape index (κ3) is 7.12. The highest BCUT2D eigenvalue weighted by atomic mass is 127. The van der Waals surface area contributed by atoms with Crippen LogP contribution in [0, 0.1) is 15.2 Å². The van der Waals surface area contributed by atoms with E-state index < -0.39 is 37.1 Å². The number of halogens is 3. The Kier molecular flexibility index (Phi) is 7.85. The summed E-state index contributed by atoms with van der Waals surface area (Å²) in [4.78, 5) is 0. The molecule has 1 fully saturated rings. The third-order valence-corrected chi connectivity index (χ3v) is 8.41. The van der Waals surface area contributed by atoms with Crippen molar-refractivity contribution < 1.29 is 30.4 Å². The van der Waals surface area contributed by atoms with Gasteiger partial charge in [-0.15, -0.1) is 0 Å². The molecule has 0 amide bonds. The van der Waals surface area contributed by atoms with Gasteiger partial charge in [-0.25, -0.2) is 22.3 Å². The Morgan fingerprint density at radius 1 is 1.00 bits per heavy atom. The van der Waals surface area contributed by atoms with Gasteiger partial charge in [0.05, 0.1) is 10.9 Å². The first-order chi connectivity index (χ1) is 16.9. The number of hydrogen-bond donors (Lipinski definition) is 3. The molecular weight excluding hydrogens is 627 g/mol. The van der Waals surface area contributed by atoms with Crippen molar-refractivity contribution in [3.63, 3.8) is 0 Å². The summed E-state index contributed by atoms with van der Waals surface area (Å²) in [5, 5.41) is 4.40. The number of ether oxygens (including phenoxy) is 1. The zero-order valence-corrected chi connectivity index (χ0v) is 22.5. The maximum absolute atomic E-state index is 14.7. The lowest BCUT2D eigenvalue weighted by atomic mass is 10.0. The van der Waals surface area contributed by atoms with Gasteiger partial charge in [-0.2, -0.15) is 13.1 Å². The quantitative estimate of drug-likeness (QED) is 0.285. The van der Waals surface area contributed by atoms with Crippen LogP contribution in [0.25, 0.3) is 0 Å². The van der Waals surface area contributed by atoms with Crippen LogP contribution in [0.5, 0.6) is 11.5 Å². The van der Waals surface area contributed by atoms with Crippen LogP contribution in [0.1, 0.15) is 29.5 Å². The van der Waals surface area contributed by atoms with E-state index in [2.05, 4.69) is 9.44 Å². The average Bonchev–Trinajstić information content (AvgIpc) is 3.63. The van der Waals surface area contributed by atoms with E-state index >= 15 is 0 Å². The highest BCUT2D eigenvalue weighted by Crippen LogP contribution is 2.39. The van der Waals surface area contributed by atoms with Gasteiger partial charge in [0.15, 0.2) is 5.75 Å². The molecule has 1 aliphatic rings. The highest BCUT2D eigenvalue weighted by Gasteiger charge is 2.37. The fraction of sp³-hybridized carbons (Fsp3) is 0.217. The molecule has 0 spiro atoms. The lowest BCUT2D eigenvalue weighted by molar-refractivity contribution is 0.477. The summed E-state index contributed by atoms with van der Waals surface area (Å²) in [5.74, 6) is -1.11. The lowest BCUT2D eigenvalue weighted by Gasteiger charge is -2.18. The Balaban J connectivity index is 1.72. The number of nitrogens with two attached hydrogens (primary N) is 1. The van der Waals surface area contributed by atoms with Gasteiger partial charge in [-0.1, -0.05) is 18.2 Å². The van der Waals surface area contributed by atoms with Crippen molar-refractivity contribution in [2.45, 2.75) is 31.1 Å². The van der Waals surface area contributed by atoms with Gasteiger partial charge in [-0.3, -0.25) is 4.72 Å². The van der Waals surface area contributed by atoms with Gasteiger partial charge in [-0.05, 0) is 82.5 Å². The van der Waals surface area contributed by atoms with E-state index in [-0.39, 0.29) is 41.3 Å². The van der Waals surface area contributed by atoms with Gasteiger partial charge < -0.3 is 4.74 Å². The molecule has 0 bridgehead atoms. The first-order valence-electron chi connectivity index (χ1n) is 10.7. The summed E-state index contributed by atoms with van der Waals surface area (Å²) in [6, 6.07) is 13.0. The molecule has 0 radical (unpaired) electrons. The molecule has 192 valence electrons. The second kappa shape index (κ2) is 10.6. The van der Waals surface area contributed by atoms with Gasteiger partial charge in [0.25, 0.3) is 10.2 Å². The zero-order valence-electron chi connectivity index (χ0n) is 18.7. The predicted octanol–water partition coefficient (Wildman–Crippen LogP) is 4.15. The minimum atomic E-state index is -3.92. The molecule has 4 N–H and O–H groups in total. The van der Waals surface area contributed by atoms with Crippen molar-refractivity contribution >= 4 is 48.5 Å². The topological polar surface area (TPSA) is 128 Å². The van der Waals surface area contributed by atoms with Crippen molar-refractivity contribution in [3.8, 4) is 11.5 Å². The zero-order chi connectivity index (χ0) is 26.1. The van der Waals surface area contributed by atoms with E-state index in [1.54, 1.807) is 30.3 Å². The molecule has 4 rings (SSSR count). The fourth-order valence-electron chi connectivity index (χ4n) is 3.48. The van der Waals surface area contributed by atoms with E-state index in [4.69, 9.17) is 9.88 Å². The molecule has 3 aromatic rings. The maximum atomic E-state index is 14.7. The molecule has 0 heterocycles. The van der Waals surface area contributed by atoms with Crippen LogP contribution >= 0.6 is 22.6 Å². The third-order valence-electron chi connectivity index (χ3n) is 5.36. The molecule has 0 saturated heterocycles. The Bertz CT molecular complexity index is 1510. The number of anilines is 1. The first kappa shape index (κ1) is 26.7. The minimum absolute atomic E-state index is 0.00862. The molecule has 0 atom stereocenters. The summed E-state index contributed by atoms with van der Waals surface area (Å²) in [6.45, 7) is -0.113. The summed E-state index contributed by atoms with van der Waals surface area (Å²) in [6.07, 6.45) is 0.928. The van der Waals surface area contributed by atoms with E-state index in [0.717, 1.165) is 12.1 Å². The Hall–Kier alpha value is -2.33. The molecule has 3 aromatic carbocycles. The maximum Gasteiger partial charge on any atom is 0.274 e. The summed E-state index contributed by atoms with van der Waals surface area (Å²) < 4.78 is 88.4. The Labute approximate surface area is 221 Å². The largest absolute Gasteiger partial charge is 0.455 e. The Morgan fingerprint density at radius 2 is 1.75 bits per heavy atom. The molecule has 0 unspecified atom stereocenters. The minimum Gasteiger partial charge on any atom is -0.455 e. The first-order valence-corrected chi connectivity index (χ1v) is 14.9. The number of hydrogen-bond acceptors (Lipinski definition) is 5. The number of sulfonamides is 1. The van der Waals surface area contributed by atoms with Crippen molar-refractivity contribution in [1.82, 2.24) is 4.72 Å². The van der Waals surface area contributed by atoms with Gasteiger partial charge in [0.2, 0.25) is 10.0 Å². The summed E-state index contributed by atoms with van der Waals surface area (Å²) in [5.41, 5.74) is 0.963. The van der Waals surface area contributed by atoms with Gasteiger partial charge in [0, 0.05) is 22.6 Å². The Morgan fingerprint density at radius 3 is 2.42 bits per heavy atom. The van der Waals surface area contributed by atoms with Gasteiger partial charge >= 0.3 is 0 Å². The van der Waals surface area contributed by atoms with Crippen LogP contribution in [-0.2, 0) is 33.2 Å². The number of nitrogens with one attached hydrogen (secondary N) is 2. The van der Waals surface area contributed by atoms with Crippen LogP contribution in [0.15, 0.2) is 54.6 Å². The molecule has 1 saturated carbocycles. The second-order valence-corrected chi connectivity index (χ2v) is 12.9. The van der Waals surface area contributed by atoms with Crippen molar-refractivity contribution in [2.24, 2.45) is 5.14 Å². The molecule has 0 aromatic heterocycles. The summed E-state index contributed by atoms with van der Waals surface area (Å²) in [7, 11) is -7.69. The molecule has 13 heteroatoms. The van der Waals surface area contributed by atoms with Crippen LogP contribution in [0.3, 0.4) is 0 Å². The highest BCUT2D eigenvalue weighted by molar-refractivity contribution is 14.1. The van der Waals surface area contributed by atoms with E-state index in [1.807, 2.05) is 22.6 Å². The monoisotopic (exact) mass is 649 g/mol. The fourth-order valence-corrected chi connectivity index (χ4v) is 5.74. The SMILES string of the molecule is NS(=O)(=O)NCc1cccc(Oc2cc(F)cc(Cc3ccc(I)cc3F)c2NS(=O)(=O)C2CC2)c1. The number of rotatable bonds is 10. The molecule has 8 nitrogen and oxygen atoms in total. The smallest absolute Gasteiger partial charge is 0.274 e. The van der Waals surface area contributed by atoms with E-state index in [0.29, 0.717) is 22.0 Å². The van der Waals surface area contributed by atoms with Crippen molar-refractivity contribution in [2.75, 3.05) is 4.72 Å². The molecule has 0 aliphatic heterocycles. The standard InChI is InChI=1S/C23H22F2IN3O5S2/c24-17-10-16(9-15-4-5-18(26)12-21(15)25)23(29-35(30,31)20-6-7-20)22(11-17)34-19-3-1-2-14(8-19)13-28-36(27,32)33/h1-5,8,10-12,20,28-29H,6-7,9,13H2,(H2,27,32,33). The van der Waals surface area contributed by atoms with Gasteiger partial charge in [0.1, 0.15) is 17.4 Å². The van der Waals surface area contributed by atoms with Crippen molar-refractivity contribution in [3.05, 3.63) is 86.5 Å². The van der Waals surface area contributed by atoms with E-state index in [1.165, 1.54) is 12.1 Å². The van der Waals surface area contributed by atoms with Crippen LogP contribution < -0.4 is 19.3 Å². The molecular formula is C23H22F2IN3O5S2. The second-order valence-electron chi connectivity index (χ2n) is 8.31. The average molecular weight is 649 g/mol. The lowest BCUT2D eigenvalue weighted by Crippen LogP contribution is -2.30. The molecule has 1 aliphatic carbocycles. The van der Waals surface area contributed by atoms with Crippen LogP contribution in [0.4, 0.5) is 14.5 Å².